The molecule has 0 aromatic rings. The van der Waals surface area contributed by atoms with Crippen molar-refractivity contribution in [3.63, 3.8) is 0 Å². The van der Waals surface area contributed by atoms with Crippen LogP contribution in [0.25, 0.3) is 0 Å². The van der Waals surface area contributed by atoms with Crippen molar-refractivity contribution in [3.05, 3.63) is 0 Å². The summed E-state index contributed by atoms with van der Waals surface area (Å²) < 4.78 is 0. The van der Waals surface area contributed by atoms with Gasteiger partial charge in [-0.25, -0.2) is 0 Å². The Kier molecular flexibility index (Phi) is 5.60. The number of hydrogen-bond acceptors (Lipinski definition) is 3. The molecule has 0 atom stereocenters. The summed E-state index contributed by atoms with van der Waals surface area (Å²) in [6, 6.07) is 0. The highest BCUT2D eigenvalue weighted by Crippen LogP contribution is 2.17. The van der Waals surface area contributed by atoms with E-state index in [2.05, 4.69) is 18.7 Å². The number of nitrogens with zero attached hydrogens (tertiary/aromatic N) is 2. The number of carbonyl (C=O) groups is 1. The van der Waals surface area contributed by atoms with Gasteiger partial charge in [-0.3, -0.25) is 9.69 Å². The van der Waals surface area contributed by atoms with E-state index in [4.69, 9.17) is 5.73 Å². The minimum absolute atomic E-state index is 0.136. The second kappa shape index (κ2) is 6.53. The van der Waals surface area contributed by atoms with E-state index >= 15 is 0 Å². The summed E-state index contributed by atoms with van der Waals surface area (Å²) in [6.45, 7) is 13.2. The molecule has 18 heavy (non-hydrogen) atoms. The van der Waals surface area contributed by atoms with Crippen molar-refractivity contribution in [1.29, 1.82) is 0 Å². The molecular weight excluding hydrogens is 226 g/mol. The first-order valence-corrected chi connectivity index (χ1v) is 7.23. The van der Waals surface area contributed by atoms with E-state index in [-0.39, 0.29) is 5.91 Å². The summed E-state index contributed by atoms with van der Waals surface area (Å²) in [5, 5.41) is 0. The lowest BCUT2D eigenvalue weighted by Crippen LogP contribution is -2.59. The first-order chi connectivity index (χ1) is 8.42. The molecule has 0 spiro atoms. The maximum absolute atomic E-state index is 12.4. The van der Waals surface area contributed by atoms with E-state index < -0.39 is 5.54 Å². The highest BCUT2D eigenvalue weighted by molar-refractivity contribution is 5.86. The molecule has 0 aromatic heterocycles. The van der Waals surface area contributed by atoms with Crippen molar-refractivity contribution in [3.8, 4) is 0 Å². The SMILES string of the molecule is CCC(N)(CC)C(=O)N1CCN(CC(C)C)CC1. The van der Waals surface area contributed by atoms with Crippen LogP contribution < -0.4 is 5.73 Å². The Labute approximate surface area is 111 Å². The fourth-order valence-corrected chi connectivity index (χ4v) is 2.52. The molecule has 1 aliphatic heterocycles. The number of hydrogen-bond donors (Lipinski definition) is 1. The van der Waals surface area contributed by atoms with Crippen LogP contribution in [0, 0.1) is 5.92 Å². The highest BCUT2D eigenvalue weighted by atomic mass is 16.2. The van der Waals surface area contributed by atoms with Crippen LogP contribution in [0.4, 0.5) is 0 Å². The van der Waals surface area contributed by atoms with Gasteiger partial charge in [-0.2, -0.15) is 0 Å². The van der Waals surface area contributed by atoms with Gasteiger partial charge >= 0.3 is 0 Å². The molecule has 0 aromatic carbocycles. The van der Waals surface area contributed by atoms with Crippen LogP contribution >= 0.6 is 0 Å². The van der Waals surface area contributed by atoms with Crippen molar-refractivity contribution < 1.29 is 4.79 Å². The predicted octanol–water partition coefficient (Wildman–Crippen LogP) is 1.30. The summed E-state index contributed by atoms with van der Waals surface area (Å²) >= 11 is 0. The minimum Gasteiger partial charge on any atom is -0.339 e. The van der Waals surface area contributed by atoms with Gasteiger partial charge in [0, 0.05) is 32.7 Å². The molecule has 1 amide bonds. The first-order valence-electron chi connectivity index (χ1n) is 7.23. The fraction of sp³-hybridized carbons (Fsp3) is 0.929. The zero-order valence-electron chi connectivity index (χ0n) is 12.4. The van der Waals surface area contributed by atoms with Crippen LogP contribution in [-0.4, -0.2) is 54.0 Å². The van der Waals surface area contributed by atoms with Crippen LogP contribution in [0.15, 0.2) is 0 Å². The Morgan fingerprint density at radius 3 is 2.06 bits per heavy atom. The van der Waals surface area contributed by atoms with Crippen LogP contribution in [0.3, 0.4) is 0 Å². The normalized spacial score (nSPS) is 18.4. The molecular formula is C14H29N3O. The molecule has 1 fully saturated rings. The van der Waals surface area contributed by atoms with E-state index in [1.807, 2.05) is 18.7 Å². The van der Waals surface area contributed by atoms with Gasteiger partial charge in [-0.05, 0) is 18.8 Å². The fourth-order valence-electron chi connectivity index (χ4n) is 2.52. The Balaban J connectivity index is 2.50. The van der Waals surface area contributed by atoms with Crippen molar-refractivity contribution in [2.45, 2.75) is 46.1 Å². The number of nitrogens with two attached hydrogens (primary N) is 1. The van der Waals surface area contributed by atoms with Crippen LogP contribution in [0.5, 0.6) is 0 Å². The van der Waals surface area contributed by atoms with E-state index in [0.717, 1.165) is 32.7 Å². The predicted molar refractivity (Wildman–Crippen MR) is 75.4 cm³/mol. The van der Waals surface area contributed by atoms with E-state index in [1.165, 1.54) is 0 Å². The maximum Gasteiger partial charge on any atom is 0.242 e. The largest absolute Gasteiger partial charge is 0.339 e. The van der Waals surface area contributed by atoms with Gasteiger partial charge in [0.2, 0.25) is 5.91 Å². The summed E-state index contributed by atoms with van der Waals surface area (Å²) in [5.41, 5.74) is 5.53. The molecule has 1 saturated heterocycles. The molecule has 0 bridgehead atoms. The number of amides is 1. The lowest BCUT2D eigenvalue weighted by Gasteiger charge is -2.39. The zero-order chi connectivity index (χ0) is 13.8. The second-order valence-electron chi connectivity index (χ2n) is 5.85. The standard InChI is InChI=1S/C14H29N3O/c1-5-14(15,6-2)13(18)17-9-7-16(8-10-17)11-12(3)4/h12H,5-11,15H2,1-4H3. The number of rotatable bonds is 5. The van der Waals surface area contributed by atoms with Crippen molar-refractivity contribution in [1.82, 2.24) is 9.80 Å². The Morgan fingerprint density at radius 2 is 1.67 bits per heavy atom. The van der Waals surface area contributed by atoms with Gasteiger partial charge in [0.25, 0.3) is 0 Å². The number of carbonyl (C=O) groups excluding carboxylic acids is 1. The van der Waals surface area contributed by atoms with E-state index in [0.29, 0.717) is 18.8 Å². The molecule has 4 heteroatoms. The average Bonchev–Trinajstić information content (AvgIpc) is 2.37. The molecule has 0 unspecified atom stereocenters. The average molecular weight is 255 g/mol. The quantitative estimate of drug-likeness (QED) is 0.805. The van der Waals surface area contributed by atoms with Gasteiger partial charge in [-0.1, -0.05) is 27.7 Å². The van der Waals surface area contributed by atoms with Crippen LogP contribution in [0.2, 0.25) is 0 Å². The van der Waals surface area contributed by atoms with Gasteiger partial charge in [-0.15, -0.1) is 0 Å². The smallest absolute Gasteiger partial charge is 0.242 e. The van der Waals surface area contributed by atoms with Crippen LogP contribution in [-0.2, 0) is 4.79 Å². The number of piperazine rings is 1. The van der Waals surface area contributed by atoms with Gasteiger partial charge in [0.15, 0.2) is 0 Å². The highest BCUT2D eigenvalue weighted by Gasteiger charge is 2.35. The molecule has 4 nitrogen and oxygen atoms in total. The maximum atomic E-state index is 12.4. The van der Waals surface area contributed by atoms with Crippen molar-refractivity contribution >= 4 is 5.91 Å². The van der Waals surface area contributed by atoms with E-state index in [9.17, 15) is 4.79 Å². The molecule has 106 valence electrons. The molecule has 1 rings (SSSR count). The topological polar surface area (TPSA) is 49.6 Å². The Hall–Kier alpha value is -0.610. The summed E-state index contributed by atoms with van der Waals surface area (Å²) in [6.07, 6.45) is 1.43. The molecule has 0 radical (unpaired) electrons. The molecule has 1 heterocycles. The summed E-state index contributed by atoms with van der Waals surface area (Å²) in [5.74, 6) is 0.823. The van der Waals surface area contributed by atoms with Gasteiger partial charge in [0.1, 0.15) is 0 Å². The second-order valence-corrected chi connectivity index (χ2v) is 5.85. The Bertz CT molecular complexity index is 266. The van der Waals surface area contributed by atoms with Crippen molar-refractivity contribution in [2.24, 2.45) is 11.7 Å². The molecule has 0 aliphatic carbocycles. The Morgan fingerprint density at radius 1 is 1.17 bits per heavy atom. The lowest BCUT2D eigenvalue weighted by atomic mass is 9.92. The van der Waals surface area contributed by atoms with Crippen molar-refractivity contribution in [2.75, 3.05) is 32.7 Å². The zero-order valence-corrected chi connectivity index (χ0v) is 12.4. The van der Waals surface area contributed by atoms with Crippen LogP contribution in [0.1, 0.15) is 40.5 Å². The monoisotopic (exact) mass is 255 g/mol. The third kappa shape index (κ3) is 3.69. The van der Waals surface area contributed by atoms with Gasteiger partial charge in [0.05, 0.1) is 5.54 Å². The summed E-state index contributed by atoms with van der Waals surface area (Å²) in [4.78, 5) is 16.8. The minimum atomic E-state index is -0.653. The molecule has 1 aliphatic rings. The molecule has 2 N–H and O–H groups in total. The summed E-state index contributed by atoms with van der Waals surface area (Å²) in [7, 11) is 0. The lowest BCUT2D eigenvalue weighted by molar-refractivity contribution is -0.139. The van der Waals surface area contributed by atoms with E-state index in [1.54, 1.807) is 0 Å². The van der Waals surface area contributed by atoms with Gasteiger partial charge < -0.3 is 10.6 Å². The molecule has 0 saturated carbocycles. The first kappa shape index (κ1) is 15.4. The third-order valence-corrected chi connectivity index (χ3v) is 3.97. The third-order valence-electron chi connectivity index (χ3n) is 3.97.